The van der Waals surface area contributed by atoms with Crippen LogP contribution in [0.1, 0.15) is 20.3 Å². The van der Waals surface area contributed by atoms with Gasteiger partial charge in [-0.3, -0.25) is 4.79 Å². The zero-order chi connectivity index (χ0) is 11.3. The highest BCUT2D eigenvalue weighted by Crippen LogP contribution is 2.15. The van der Waals surface area contributed by atoms with Crippen LogP contribution < -0.4 is 5.32 Å². The highest BCUT2D eigenvalue weighted by atomic mass is 16.5. The number of rotatable bonds is 4. The number of piperidine rings is 1. The molecule has 0 aromatic carbocycles. The van der Waals surface area contributed by atoms with Crippen LogP contribution in [-0.4, -0.2) is 38.9 Å². The molecule has 0 saturated carbocycles. The molecule has 0 aliphatic carbocycles. The van der Waals surface area contributed by atoms with Crippen molar-refractivity contribution < 1.29 is 14.3 Å². The molecule has 1 aliphatic heterocycles. The average Bonchev–Trinajstić information content (AvgIpc) is 2.25. The molecule has 0 amide bonds. The third kappa shape index (κ3) is 4.18. The van der Waals surface area contributed by atoms with Crippen LogP contribution in [0.4, 0.5) is 0 Å². The van der Waals surface area contributed by atoms with E-state index in [1.165, 1.54) is 7.11 Å². The lowest BCUT2D eigenvalue weighted by molar-refractivity contribution is -0.147. The number of methoxy groups -OCH3 is 1. The summed E-state index contributed by atoms with van der Waals surface area (Å²) >= 11 is 0. The number of hydrogen-bond donors (Lipinski definition) is 1. The first kappa shape index (κ1) is 12.5. The second-order valence-corrected chi connectivity index (χ2v) is 4.46. The second-order valence-electron chi connectivity index (χ2n) is 4.46. The van der Waals surface area contributed by atoms with Crippen molar-refractivity contribution in [2.75, 3.05) is 26.8 Å². The highest BCUT2D eigenvalue weighted by molar-refractivity contribution is 5.72. The summed E-state index contributed by atoms with van der Waals surface area (Å²) in [7, 11) is 1.43. The van der Waals surface area contributed by atoms with Gasteiger partial charge < -0.3 is 14.8 Å². The van der Waals surface area contributed by atoms with E-state index in [2.05, 4.69) is 19.2 Å². The summed E-state index contributed by atoms with van der Waals surface area (Å²) < 4.78 is 10.4. The summed E-state index contributed by atoms with van der Waals surface area (Å²) in [4.78, 5) is 11.3. The zero-order valence-electron chi connectivity index (χ0n) is 9.79. The molecular formula is C11H21NO3. The van der Waals surface area contributed by atoms with Gasteiger partial charge in [0, 0.05) is 19.7 Å². The molecule has 1 N–H and O–H groups in total. The third-order valence-corrected chi connectivity index (χ3v) is 2.51. The lowest BCUT2D eigenvalue weighted by Crippen LogP contribution is -2.44. The van der Waals surface area contributed by atoms with Crippen LogP contribution in [0.3, 0.4) is 0 Å². The van der Waals surface area contributed by atoms with Crippen LogP contribution >= 0.6 is 0 Å². The van der Waals surface area contributed by atoms with Gasteiger partial charge in [0.1, 0.15) is 0 Å². The first-order valence-electron chi connectivity index (χ1n) is 5.53. The number of nitrogens with one attached hydrogen (secondary N) is 1. The van der Waals surface area contributed by atoms with Gasteiger partial charge in [0.15, 0.2) is 0 Å². The summed E-state index contributed by atoms with van der Waals surface area (Å²) in [6, 6.07) is 0. The van der Waals surface area contributed by atoms with Crippen molar-refractivity contribution in [3.05, 3.63) is 0 Å². The van der Waals surface area contributed by atoms with Gasteiger partial charge in [-0.2, -0.15) is 0 Å². The van der Waals surface area contributed by atoms with Gasteiger partial charge >= 0.3 is 5.97 Å². The summed E-state index contributed by atoms with van der Waals surface area (Å²) in [5.74, 6) is 0.338. The van der Waals surface area contributed by atoms with Crippen molar-refractivity contribution in [2.45, 2.75) is 26.4 Å². The van der Waals surface area contributed by atoms with Crippen molar-refractivity contribution >= 4 is 5.97 Å². The normalized spacial score (nSPS) is 26.7. The Morgan fingerprint density at radius 2 is 2.20 bits per heavy atom. The SMILES string of the molecule is COC(=O)C1CNCC(OCC(C)C)C1. The van der Waals surface area contributed by atoms with Crippen molar-refractivity contribution in [1.29, 1.82) is 0 Å². The number of hydrogen-bond acceptors (Lipinski definition) is 4. The van der Waals surface area contributed by atoms with Gasteiger partial charge in [-0.1, -0.05) is 13.8 Å². The molecule has 0 aromatic heterocycles. The van der Waals surface area contributed by atoms with Crippen LogP contribution in [0, 0.1) is 11.8 Å². The molecule has 0 aromatic rings. The fourth-order valence-corrected chi connectivity index (χ4v) is 1.70. The van der Waals surface area contributed by atoms with E-state index in [1.54, 1.807) is 0 Å². The Hall–Kier alpha value is -0.610. The Kier molecular flexibility index (Phi) is 5.05. The molecule has 0 radical (unpaired) electrons. The molecule has 0 bridgehead atoms. The molecule has 88 valence electrons. The quantitative estimate of drug-likeness (QED) is 0.705. The smallest absolute Gasteiger partial charge is 0.310 e. The molecule has 15 heavy (non-hydrogen) atoms. The monoisotopic (exact) mass is 215 g/mol. The van der Waals surface area contributed by atoms with E-state index in [9.17, 15) is 4.79 Å². The number of ether oxygens (including phenoxy) is 2. The average molecular weight is 215 g/mol. The fourth-order valence-electron chi connectivity index (χ4n) is 1.70. The fraction of sp³-hybridized carbons (Fsp3) is 0.909. The molecule has 4 nitrogen and oxygen atoms in total. The van der Waals surface area contributed by atoms with Crippen molar-refractivity contribution in [2.24, 2.45) is 11.8 Å². The molecule has 1 heterocycles. The van der Waals surface area contributed by atoms with E-state index in [0.29, 0.717) is 12.5 Å². The molecular weight excluding hydrogens is 194 g/mol. The van der Waals surface area contributed by atoms with Gasteiger partial charge in [0.25, 0.3) is 0 Å². The molecule has 1 rings (SSSR count). The zero-order valence-corrected chi connectivity index (χ0v) is 9.79. The van der Waals surface area contributed by atoms with E-state index in [1.807, 2.05) is 0 Å². The molecule has 1 fully saturated rings. The second kappa shape index (κ2) is 6.08. The molecule has 2 atom stereocenters. The van der Waals surface area contributed by atoms with Gasteiger partial charge in [-0.25, -0.2) is 0 Å². The Bertz CT molecular complexity index is 206. The minimum atomic E-state index is -0.139. The van der Waals surface area contributed by atoms with Crippen molar-refractivity contribution in [1.82, 2.24) is 5.32 Å². The molecule has 2 unspecified atom stereocenters. The maximum absolute atomic E-state index is 11.3. The Morgan fingerprint density at radius 3 is 2.80 bits per heavy atom. The molecule has 1 aliphatic rings. The first-order chi connectivity index (χ1) is 7.13. The Labute approximate surface area is 91.3 Å². The van der Waals surface area contributed by atoms with Gasteiger partial charge in [0.2, 0.25) is 0 Å². The Morgan fingerprint density at radius 1 is 1.47 bits per heavy atom. The molecule has 4 heteroatoms. The van der Waals surface area contributed by atoms with Crippen LogP contribution in [0.2, 0.25) is 0 Å². The van der Waals surface area contributed by atoms with Crippen molar-refractivity contribution in [3.63, 3.8) is 0 Å². The molecule has 0 spiro atoms. The number of carbonyl (C=O) groups excluding carboxylic acids is 1. The summed E-state index contributed by atoms with van der Waals surface area (Å²) in [5, 5.41) is 3.20. The van der Waals surface area contributed by atoms with E-state index >= 15 is 0 Å². The van der Waals surface area contributed by atoms with Gasteiger partial charge in [0.05, 0.1) is 19.1 Å². The summed E-state index contributed by atoms with van der Waals surface area (Å²) in [6.07, 6.45) is 0.914. The maximum Gasteiger partial charge on any atom is 0.310 e. The lowest BCUT2D eigenvalue weighted by Gasteiger charge is -2.28. The highest BCUT2D eigenvalue weighted by Gasteiger charge is 2.28. The summed E-state index contributed by atoms with van der Waals surface area (Å²) in [5.41, 5.74) is 0. The first-order valence-corrected chi connectivity index (χ1v) is 5.53. The van der Waals surface area contributed by atoms with Gasteiger partial charge in [-0.15, -0.1) is 0 Å². The predicted molar refractivity (Wildman–Crippen MR) is 57.6 cm³/mol. The van der Waals surface area contributed by atoms with Crippen LogP contribution in [0.15, 0.2) is 0 Å². The van der Waals surface area contributed by atoms with Crippen molar-refractivity contribution in [3.8, 4) is 0 Å². The molecule has 1 saturated heterocycles. The Balaban J connectivity index is 2.32. The van der Waals surface area contributed by atoms with E-state index in [-0.39, 0.29) is 18.0 Å². The minimum absolute atomic E-state index is 0.0547. The number of carbonyl (C=O) groups is 1. The van der Waals surface area contributed by atoms with E-state index in [4.69, 9.17) is 9.47 Å². The summed E-state index contributed by atoms with van der Waals surface area (Å²) in [6.45, 7) is 6.52. The lowest BCUT2D eigenvalue weighted by atomic mass is 9.97. The minimum Gasteiger partial charge on any atom is -0.469 e. The largest absolute Gasteiger partial charge is 0.469 e. The van der Waals surface area contributed by atoms with Crippen LogP contribution in [0.5, 0.6) is 0 Å². The van der Waals surface area contributed by atoms with E-state index in [0.717, 1.165) is 19.6 Å². The topological polar surface area (TPSA) is 47.6 Å². The van der Waals surface area contributed by atoms with Crippen LogP contribution in [-0.2, 0) is 14.3 Å². The van der Waals surface area contributed by atoms with Gasteiger partial charge in [-0.05, 0) is 12.3 Å². The number of esters is 1. The van der Waals surface area contributed by atoms with E-state index < -0.39 is 0 Å². The standard InChI is InChI=1S/C11H21NO3/c1-8(2)7-15-10-4-9(5-12-6-10)11(13)14-3/h8-10,12H,4-7H2,1-3H3. The third-order valence-electron chi connectivity index (χ3n) is 2.51. The van der Waals surface area contributed by atoms with Crippen LogP contribution in [0.25, 0.3) is 0 Å². The maximum atomic E-state index is 11.3. The predicted octanol–water partition coefficient (Wildman–Crippen LogP) is 0.810.